The van der Waals surface area contributed by atoms with Crippen molar-refractivity contribution >= 4 is 5.96 Å². The topological polar surface area (TPSA) is 54.7 Å². The Morgan fingerprint density at radius 2 is 2.29 bits per heavy atom. The molecule has 136 valence electrons. The van der Waals surface area contributed by atoms with E-state index in [1.165, 1.54) is 6.42 Å². The maximum Gasteiger partial charge on any atom is 0.194 e. The number of rotatable bonds is 8. The highest BCUT2D eigenvalue weighted by Crippen LogP contribution is 2.17. The fourth-order valence-electron chi connectivity index (χ4n) is 3.07. The zero-order valence-corrected chi connectivity index (χ0v) is 15.7. The normalized spacial score (nSPS) is 18.6. The quantitative estimate of drug-likeness (QED) is 0.585. The van der Waals surface area contributed by atoms with Crippen LogP contribution in [0.4, 0.5) is 0 Å². The number of hydrogen-bond acceptors (Lipinski definition) is 3. The van der Waals surface area contributed by atoms with Crippen LogP contribution < -0.4 is 5.32 Å². The lowest BCUT2D eigenvalue weighted by Crippen LogP contribution is -2.40. The van der Waals surface area contributed by atoms with Gasteiger partial charge in [0.1, 0.15) is 12.4 Å². The van der Waals surface area contributed by atoms with Crippen LogP contribution in [0.25, 0.3) is 0 Å². The second kappa shape index (κ2) is 9.67. The summed E-state index contributed by atoms with van der Waals surface area (Å²) in [7, 11) is 0. The van der Waals surface area contributed by atoms with Crippen LogP contribution in [0.1, 0.15) is 39.9 Å². The lowest BCUT2D eigenvalue weighted by Gasteiger charge is -2.21. The minimum atomic E-state index is 0.605. The van der Waals surface area contributed by atoms with Gasteiger partial charge in [-0.05, 0) is 26.2 Å². The highest BCUT2D eigenvalue weighted by molar-refractivity contribution is 5.80. The molecule has 0 aromatic carbocycles. The van der Waals surface area contributed by atoms with E-state index in [2.05, 4.69) is 47.5 Å². The molecule has 1 unspecified atom stereocenters. The van der Waals surface area contributed by atoms with E-state index in [4.69, 9.17) is 9.73 Å². The lowest BCUT2D eigenvalue weighted by molar-refractivity contribution is 0.114. The Hall–Kier alpha value is -1.56. The van der Waals surface area contributed by atoms with Crippen LogP contribution in [0, 0.1) is 11.8 Å². The van der Waals surface area contributed by atoms with Crippen molar-refractivity contribution < 1.29 is 4.74 Å². The molecule has 1 aliphatic rings. The Balaban J connectivity index is 1.97. The van der Waals surface area contributed by atoms with Gasteiger partial charge in [0, 0.05) is 51.1 Å². The molecule has 1 aromatic rings. The zero-order chi connectivity index (χ0) is 17.4. The number of hydrogen-bond donors (Lipinski definition) is 1. The monoisotopic (exact) mass is 335 g/mol. The molecule has 1 N–H and O–H groups in total. The van der Waals surface area contributed by atoms with Crippen LogP contribution in [0.3, 0.4) is 0 Å². The van der Waals surface area contributed by atoms with Crippen molar-refractivity contribution in [2.45, 2.75) is 47.2 Å². The van der Waals surface area contributed by atoms with Crippen molar-refractivity contribution in [2.75, 3.05) is 32.8 Å². The van der Waals surface area contributed by atoms with E-state index in [-0.39, 0.29) is 0 Å². The third-order valence-electron chi connectivity index (χ3n) is 4.21. The first-order valence-corrected chi connectivity index (χ1v) is 9.25. The number of likely N-dealkylation sites (tertiary alicyclic amines) is 1. The molecule has 1 aromatic heterocycles. The molecule has 1 saturated heterocycles. The summed E-state index contributed by atoms with van der Waals surface area (Å²) in [6.45, 7) is 14.8. The molecule has 6 heteroatoms. The molecule has 2 rings (SSSR count). The van der Waals surface area contributed by atoms with Crippen molar-refractivity contribution in [1.29, 1.82) is 0 Å². The fraction of sp³-hybridized carbons (Fsp3) is 0.778. The molecule has 2 heterocycles. The number of guanidine groups is 1. The van der Waals surface area contributed by atoms with E-state index >= 15 is 0 Å². The molecule has 24 heavy (non-hydrogen) atoms. The van der Waals surface area contributed by atoms with Gasteiger partial charge in [-0.15, -0.1) is 0 Å². The Kier molecular flexibility index (Phi) is 7.56. The Morgan fingerprint density at radius 1 is 1.46 bits per heavy atom. The molecule has 6 nitrogen and oxygen atoms in total. The van der Waals surface area contributed by atoms with E-state index in [9.17, 15) is 0 Å². The Bertz CT molecular complexity index is 511. The van der Waals surface area contributed by atoms with Gasteiger partial charge in [0.25, 0.3) is 0 Å². The highest BCUT2D eigenvalue weighted by Gasteiger charge is 2.24. The van der Waals surface area contributed by atoms with E-state index < -0.39 is 0 Å². The van der Waals surface area contributed by atoms with E-state index in [0.717, 1.165) is 51.2 Å². The van der Waals surface area contributed by atoms with Crippen molar-refractivity contribution in [2.24, 2.45) is 16.8 Å². The van der Waals surface area contributed by atoms with Gasteiger partial charge in [-0.1, -0.05) is 13.8 Å². The minimum absolute atomic E-state index is 0.605. The van der Waals surface area contributed by atoms with Crippen molar-refractivity contribution in [1.82, 2.24) is 19.8 Å². The summed E-state index contributed by atoms with van der Waals surface area (Å²) in [6, 6.07) is 0. The SMILES string of the molecule is CCNC(=NCc1nccn1CC(C)C)N1CCC(COCC)C1. The standard InChI is InChI=1S/C18H33N5O/c1-5-19-18(23-9-7-16(13-23)14-24-6-2)21-11-17-20-8-10-22(17)12-15(3)4/h8,10,15-16H,5-7,9,11-14H2,1-4H3,(H,19,21). The van der Waals surface area contributed by atoms with E-state index in [1.54, 1.807) is 0 Å². The predicted molar refractivity (Wildman–Crippen MR) is 98.1 cm³/mol. The Labute approximate surface area is 146 Å². The molecule has 1 aliphatic heterocycles. The van der Waals surface area contributed by atoms with Crippen LogP contribution in [0.15, 0.2) is 17.4 Å². The number of aromatic nitrogens is 2. The number of imidazole rings is 1. The van der Waals surface area contributed by atoms with Crippen LogP contribution in [0.5, 0.6) is 0 Å². The average Bonchev–Trinajstić information content (AvgIpc) is 3.18. The smallest absolute Gasteiger partial charge is 0.194 e. The molecule has 0 amide bonds. The average molecular weight is 335 g/mol. The van der Waals surface area contributed by atoms with Crippen molar-refractivity contribution in [3.05, 3.63) is 18.2 Å². The van der Waals surface area contributed by atoms with Crippen LogP contribution in [0.2, 0.25) is 0 Å². The van der Waals surface area contributed by atoms with Gasteiger partial charge >= 0.3 is 0 Å². The van der Waals surface area contributed by atoms with E-state index in [0.29, 0.717) is 18.4 Å². The van der Waals surface area contributed by atoms with Crippen molar-refractivity contribution in [3.63, 3.8) is 0 Å². The van der Waals surface area contributed by atoms with Gasteiger partial charge in [-0.25, -0.2) is 9.98 Å². The van der Waals surface area contributed by atoms with Crippen LogP contribution in [-0.4, -0.2) is 53.3 Å². The first-order valence-electron chi connectivity index (χ1n) is 9.25. The molecule has 1 atom stereocenters. The molecule has 0 spiro atoms. The van der Waals surface area contributed by atoms with E-state index in [1.807, 2.05) is 12.4 Å². The van der Waals surface area contributed by atoms with Crippen LogP contribution in [-0.2, 0) is 17.8 Å². The summed E-state index contributed by atoms with van der Waals surface area (Å²) in [5, 5.41) is 3.42. The maximum absolute atomic E-state index is 5.58. The molecular formula is C18H33N5O. The number of nitrogens with zero attached hydrogens (tertiary/aromatic N) is 4. The summed E-state index contributed by atoms with van der Waals surface area (Å²) >= 11 is 0. The van der Waals surface area contributed by atoms with Gasteiger partial charge in [0.2, 0.25) is 0 Å². The molecule has 1 fully saturated rings. The van der Waals surface area contributed by atoms with Gasteiger partial charge in [-0.2, -0.15) is 0 Å². The third-order valence-corrected chi connectivity index (χ3v) is 4.21. The van der Waals surface area contributed by atoms with Gasteiger partial charge in [0.05, 0.1) is 6.61 Å². The summed E-state index contributed by atoms with van der Waals surface area (Å²) in [6.07, 6.45) is 5.09. The molecule has 0 aliphatic carbocycles. The number of nitrogens with one attached hydrogen (secondary N) is 1. The molecule has 0 radical (unpaired) electrons. The van der Waals surface area contributed by atoms with Crippen molar-refractivity contribution in [3.8, 4) is 0 Å². The summed E-state index contributed by atoms with van der Waals surface area (Å²) in [5.74, 6) is 3.24. The first-order chi connectivity index (χ1) is 11.6. The minimum Gasteiger partial charge on any atom is -0.381 e. The van der Waals surface area contributed by atoms with Gasteiger partial charge in [0.15, 0.2) is 5.96 Å². The number of ether oxygens (including phenoxy) is 1. The van der Waals surface area contributed by atoms with Crippen LogP contribution >= 0.6 is 0 Å². The summed E-state index contributed by atoms with van der Waals surface area (Å²) in [5.41, 5.74) is 0. The van der Waals surface area contributed by atoms with Gasteiger partial charge in [-0.3, -0.25) is 0 Å². The largest absolute Gasteiger partial charge is 0.381 e. The summed E-state index contributed by atoms with van der Waals surface area (Å²) in [4.78, 5) is 11.7. The zero-order valence-electron chi connectivity index (χ0n) is 15.7. The fourth-order valence-corrected chi connectivity index (χ4v) is 3.07. The second-order valence-electron chi connectivity index (χ2n) is 6.82. The number of aliphatic imine (C=N–C) groups is 1. The second-order valence-corrected chi connectivity index (χ2v) is 6.82. The lowest BCUT2D eigenvalue weighted by atomic mass is 10.1. The maximum atomic E-state index is 5.58. The Morgan fingerprint density at radius 3 is 3.00 bits per heavy atom. The first kappa shape index (κ1) is 18.8. The molecular weight excluding hydrogens is 302 g/mol. The van der Waals surface area contributed by atoms with Gasteiger partial charge < -0.3 is 19.5 Å². The molecule has 0 saturated carbocycles. The molecule has 0 bridgehead atoms. The summed E-state index contributed by atoms with van der Waals surface area (Å²) < 4.78 is 7.78. The predicted octanol–water partition coefficient (Wildman–Crippen LogP) is 2.36. The third kappa shape index (κ3) is 5.51. The highest BCUT2D eigenvalue weighted by atomic mass is 16.5.